The largest absolute Gasteiger partial charge is 0.497 e. The van der Waals surface area contributed by atoms with E-state index in [1.54, 1.807) is 18.0 Å². The molecular formula is C30H29N5O4. The van der Waals surface area contributed by atoms with Gasteiger partial charge in [-0.15, -0.1) is 0 Å². The maximum absolute atomic E-state index is 11.0. The zero-order valence-corrected chi connectivity index (χ0v) is 21.4. The van der Waals surface area contributed by atoms with Crippen molar-refractivity contribution in [2.24, 2.45) is 0 Å². The van der Waals surface area contributed by atoms with Crippen LogP contribution in [0.25, 0.3) is 11.2 Å². The fourth-order valence-corrected chi connectivity index (χ4v) is 5.25. The van der Waals surface area contributed by atoms with Gasteiger partial charge in [-0.1, -0.05) is 72.8 Å². The average Bonchev–Trinajstić information content (AvgIpc) is 3.59. The van der Waals surface area contributed by atoms with Crippen LogP contribution in [0, 0.1) is 0 Å². The van der Waals surface area contributed by atoms with Crippen LogP contribution in [0.4, 0.5) is 5.82 Å². The number of ether oxygens (including phenoxy) is 3. The Morgan fingerprint density at radius 3 is 2.21 bits per heavy atom. The van der Waals surface area contributed by atoms with E-state index in [2.05, 4.69) is 15.0 Å². The summed E-state index contributed by atoms with van der Waals surface area (Å²) in [5, 5.41) is 11.0. The SMILES string of the molecule is COc1ccc(C(OCC2OC(n3cnc4c(N)ncnc43)CC2O)(c2ccccc2)c2ccccc2)cc1. The summed E-state index contributed by atoms with van der Waals surface area (Å²) in [6, 6.07) is 28.0. The zero-order valence-electron chi connectivity index (χ0n) is 21.4. The highest BCUT2D eigenvalue weighted by Crippen LogP contribution is 2.42. The van der Waals surface area contributed by atoms with Crippen LogP contribution in [-0.4, -0.2) is 50.6 Å². The summed E-state index contributed by atoms with van der Waals surface area (Å²) in [6.45, 7) is 0.136. The summed E-state index contributed by atoms with van der Waals surface area (Å²) in [5.74, 6) is 1.05. The number of benzene rings is 3. The molecular weight excluding hydrogens is 494 g/mol. The van der Waals surface area contributed by atoms with Crippen molar-refractivity contribution in [1.82, 2.24) is 19.5 Å². The van der Waals surface area contributed by atoms with Gasteiger partial charge in [0.05, 0.1) is 26.1 Å². The Labute approximate surface area is 225 Å². The minimum absolute atomic E-state index is 0.136. The van der Waals surface area contributed by atoms with Crippen molar-refractivity contribution < 1.29 is 19.3 Å². The molecule has 5 aromatic rings. The van der Waals surface area contributed by atoms with Gasteiger partial charge >= 0.3 is 0 Å². The number of aliphatic hydroxyl groups excluding tert-OH is 1. The molecule has 3 atom stereocenters. The van der Waals surface area contributed by atoms with Gasteiger partial charge in [0.2, 0.25) is 0 Å². The molecule has 3 N–H and O–H groups in total. The highest BCUT2D eigenvalue weighted by atomic mass is 16.6. The number of anilines is 1. The van der Waals surface area contributed by atoms with Crippen LogP contribution in [0.15, 0.2) is 97.6 Å². The lowest BCUT2D eigenvalue weighted by atomic mass is 9.80. The Bertz CT molecular complexity index is 1500. The number of methoxy groups -OCH3 is 1. The van der Waals surface area contributed by atoms with E-state index in [1.165, 1.54) is 6.33 Å². The van der Waals surface area contributed by atoms with Crippen molar-refractivity contribution in [1.29, 1.82) is 0 Å². The fourth-order valence-electron chi connectivity index (χ4n) is 5.25. The number of rotatable bonds is 8. The molecule has 0 spiro atoms. The summed E-state index contributed by atoms with van der Waals surface area (Å²) >= 11 is 0. The normalized spacial score (nSPS) is 19.4. The summed E-state index contributed by atoms with van der Waals surface area (Å²) in [4.78, 5) is 12.7. The molecule has 0 saturated carbocycles. The molecule has 0 aliphatic carbocycles. The minimum Gasteiger partial charge on any atom is -0.497 e. The van der Waals surface area contributed by atoms with Gasteiger partial charge in [0.25, 0.3) is 0 Å². The van der Waals surface area contributed by atoms with Crippen molar-refractivity contribution in [3.05, 3.63) is 114 Å². The van der Waals surface area contributed by atoms with Crippen molar-refractivity contribution in [2.45, 2.75) is 30.5 Å². The summed E-state index contributed by atoms with van der Waals surface area (Å²) in [7, 11) is 1.65. The van der Waals surface area contributed by atoms with Gasteiger partial charge in [-0.25, -0.2) is 15.0 Å². The van der Waals surface area contributed by atoms with E-state index in [1.807, 2.05) is 84.9 Å². The third-order valence-corrected chi connectivity index (χ3v) is 7.22. The van der Waals surface area contributed by atoms with Crippen molar-refractivity contribution >= 4 is 17.0 Å². The minimum atomic E-state index is -0.959. The molecule has 1 aliphatic heterocycles. The molecule has 1 saturated heterocycles. The number of hydrogen-bond acceptors (Lipinski definition) is 8. The van der Waals surface area contributed by atoms with Crippen LogP contribution < -0.4 is 10.5 Å². The van der Waals surface area contributed by atoms with Gasteiger partial charge in [0.1, 0.15) is 35.5 Å². The molecule has 2 aromatic heterocycles. The van der Waals surface area contributed by atoms with Crippen molar-refractivity contribution in [3.63, 3.8) is 0 Å². The predicted octanol–water partition coefficient (Wildman–Crippen LogP) is 4.07. The van der Waals surface area contributed by atoms with E-state index in [4.69, 9.17) is 19.9 Å². The number of nitrogens with zero attached hydrogens (tertiary/aromatic N) is 4. The van der Waals surface area contributed by atoms with Gasteiger partial charge in [-0.2, -0.15) is 0 Å². The Kier molecular flexibility index (Phi) is 6.70. The van der Waals surface area contributed by atoms with E-state index in [0.29, 0.717) is 23.4 Å². The second kappa shape index (κ2) is 10.5. The number of hydrogen-bond donors (Lipinski definition) is 2. The number of fused-ring (bicyclic) bond motifs is 1. The van der Waals surface area contributed by atoms with Crippen LogP contribution in [0.5, 0.6) is 5.75 Å². The number of aliphatic hydroxyl groups is 1. The van der Waals surface area contributed by atoms with E-state index < -0.39 is 24.0 Å². The molecule has 0 amide bonds. The molecule has 1 aliphatic rings. The van der Waals surface area contributed by atoms with Crippen LogP contribution in [-0.2, 0) is 15.1 Å². The van der Waals surface area contributed by atoms with Crippen LogP contribution in [0.1, 0.15) is 29.3 Å². The molecule has 6 rings (SSSR count). The third kappa shape index (κ3) is 4.50. The van der Waals surface area contributed by atoms with E-state index in [0.717, 1.165) is 22.4 Å². The van der Waals surface area contributed by atoms with Crippen molar-refractivity contribution in [3.8, 4) is 5.75 Å². The molecule has 0 radical (unpaired) electrons. The van der Waals surface area contributed by atoms with Crippen molar-refractivity contribution in [2.75, 3.05) is 19.5 Å². The average molecular weight is 524 g/mol. The van der Waals surface area contributed by atoms with Crippen LogP contribution >= 0.6 is 0 Å². The molecule has 3 aromatic carbocycles. The Balaban J connectivity index is 1.35. The Morgan fingerprint density at radius 2 is 1.56 bits per heavy atom. The standard InChI is InChI=1S/C30H29N5O4/c1-37-23-14-12-22(13-15-23)30(20-8-4-2-5-9-20,21-10-6-3-7-11-21)38-17-25-24(36)16-26(39-25)35-19-34-27-28(31)32-18-33-29(27)35/h2-15,18-19,24-26,36H,16-17H2,1H3,(H2,31,32,33). The van der Waals surface area contributed by atoms with E-state index in [-0.39, 0.29) is 6.61 Å². The quantitative estimate of drug-likeness (QED) is 0.292. The van der Waals surface area contributed by atoms with Gasteiger partial charge in [0, 0.05) is 6.42 Å². The summed E-state index contributed by atoms with van der Waals surface area (Å²) < 4.78 is 20.4. The molecule has 3 heterocycles. The first-order valence-electron chi connectivity index (χ1n) is 12.8. The zero-order chi connectivity index (χ0) is 26.8. The van der Waals surface area contributed by atoms with E-state index >= 15 is 0 Å². The molecule has 9 nitrogen and oxygen atoms in total. The lowest BCUT2D eigenvalue weighted by molar-refractivity contribution is -0.0930. The second-order valence-corrected chi connectivity index (χ2v) is 9.47. The first-order valence-corrected chi connectivity index (χ1v) is 12.8. The number of nitrogens with two attached hydrogens (primary N) is 1. The van der Waals surface area contributed by atoms with Gasteiger partial charge in [-0.05, 0) is 28.8 Å². The molecule has 9 heteroatoms. The first kappa shape index (κ1) is 25.0. The van der Waals surface area contributed by atoms with Gasteiger partial charge in [0.15, 0.2) is 11.5 Å². The highest BCUT2D eigenvalue weighted by Gasteiger charge is 2.42. The first-order chi connectivity index (χ1) is 19.1. The lowest BCUT2D eigenvalue weighted by Gasteiger charge is -2.37. The van der Waals surface area contributed by atoms with Gasteiger partial charge < -0.3 is 25.1 Å². The summed E-state index contributed by atoms with van der Waals surface area (Å²) in [6.07, 6.45) is 1.55. The lowest BCUT2D eigenvalue weighted by Crippen LogP contribution is -2.38. The Morgan fingerprint density at radius 1 is 0.923 bits per heavy atom. The van der Waals surface area contributed by atoms with E-state index in [9.17, 15) is 5.11 Å². The number of nitrogen functional groups attached to an aromatic ring is 1. The van der Waals surface area contributed by atoms with Crippen LogP contribution in [0.2, 0.25) is 0 Å². The Hall–Kier alpha value is -4.31. The highest BCUT2D eigenvalue weighted by molar-refractivity contribution is 5.81. The third-order valence-electron chi connectivity index (χ3n) is 7.22. The van der Waals surface area contributed by atoms with Crippen LogP contribution in [0.3, 0.4) is 0 Å². The molecule has 0 bridgehead atoms. The molecule has 1 fully saturated rings. The topological polar surface area (TPSA) is 118 Å². The molecule has 3 unspecified atom stereocenters. The van der Waals surface area contributed by atoms with Gasteiger partial charge in [-0.3, -0.25) is 4.57 Å². The summed E-state index contributed by atoms with van der Waals surface area (Å²) in [5.41, 5.74) is 8.90. The predicted molar refractivity (Wildman–Crippen MR) is 146 cm³/mol. The molecule has 39 heavy (non-hydrogen) atoms. The fraction of sp³-hybridized carbons (Fsp3) is 0.233. The maximum Gasteiger partial charge on any atom is 0.167 e. The smallest absolute Gasteiger partial charge is 0.167 e. The maximum atomic E-state index is 11.0. The monoisotopic (exact) mass is 523 g/mol. The second-order valence-electron chi connectivity index (χ2n) is 9.47. The number of imidazole rings is 1. The number of aromatic nitrogens is 4. The molecule has 198 valence electrons.